The van der Waals surface area contributed by atoms with Crippen LogP contribution in [0.4, 0.5) is 5.69 Å². The summed E-state index contributed by atoms with van der Waals surface area (Å²) in [6, 6.07) is 18.2. The summed E-state index contributed by atoms with van der Waals surface area (Å²) in [6.07, 6.45) is 6.07. The van der Waals surface area contributed by atoms with Crippen LogP contribution in [0.5, 0.6) is 0 Å². The Hall–Kier alpha value is -2.81. The van der Waals surface area contributed by atoms with Gasteiger partial charge in [-0.3, -0.25) is 4.79 Å². The number of aryl methyl sites for hydroxylation is 2. The van der Waals surface area contributed by atoms with Gasteiger partial charge in [0.05, 0.1) is 0 Å². The predicted molar refractivity (Wildman–Crippen MR) is 96.9 cm³/mol. The number of amides is 1. The van der Waals surface area contributed by atoms with Crippen LogP contribution in [0.25, 0.3) is 5.69 Å². The molecule has 0 fully saturated rings. The van der Waals surface area contributed by atoms with E-state index in [-0.39, 0.29) is 5.91 Å². The molecule has 3 nitrogen and oxygen atoms in total. The van der Waals surface area contributed by atoms with Crippen LogP contribution >= 0.6 is 0 Å². The van der Waals surface area contributed by atoms with Gasteiger partial charge >= 0.3 is 0 Å². The molecule has 2 aromatic carbocycles. The van der Waals surface area contributed by atoms with E-state index in [1.54, 1.807) is 0 Å². The van der Waals surface area contributed by atoms with E-state index in [0.717, 1.165) is 41.9 Å². The highest BCUT2D eigenvalue weighted by atomic mass is 16.2. The van der Waals surface area contributed by atoms with Crippen molar-refractivity contribution in [3.63, 3.8) is 0 Å². The van der Waals surface area contributed by atoms with Crippen LogP contribution in [0.2, 0.25) is 0 Å². The lowest BCUT2D eigenvalue weighted by atomic mass is 10.0. The van der Waals surface area contributed by atoms with Gasteiger partial charge < -0.3 is 9.47 Å². The van der Waals surface area contributed by atoms with Crippen LogP contribution in [0.3, 0.4) is 0 Å². The van der Waals surface area contributed by atoms with E-state index in [2.05, 4.69) is 17.6 Å². The second-order valence-corrected chi connectivity index (χ2v) is 6.28. The lowest BCUT2D eigenvalue weighted by Gasteiger charge is -2.29. The summed E-state index contributed by atoms with van der Waals surface area (Å²) in [7, 11) is 0. The van der Waals surface area contributed by atoms with Gasteiger partial charge in [0.25, 0.3) is 5.91 Å². The van der Waals surface area contributed by atoms with Gasteiger partial charge in [-0.15, -0.1) is 0 Å². The molecule has 1 aromatic heterocycles. The number of nitrogens with zero attached hydrogens (tertiary/aromatic N) is 2. The average Bonchev–Trinajstić information content (AvgIpc) is 3.15. The van der Waals surface area contributed by atoms with Gasteiger partial charge in [-0.2, -0.15) is 0 Å². The zero-order valence-corrected chi connectivity index (χ0v) is 13.8. The minimum Gasteiger partial charge on any atom is -0.324 e. The van der Waals surface area contributed by atoms with Gasteiger partial charge in [0, 0.05) is 35.9 Å². The third-order valence-electron chi connectivity index (χ3n) is 4.69. The van der Waals surface area contributed by atoms with Crippen LogP contribution in [-0.4, -0.2) is 17.0 Å². The van der Waals surface area contributed by atoms with E-state index < -0.39 is 0 Å². The molecule has 0 saturated carbocycles. The molecule has 24 heavy (non-hydrogen) atoms. The molecule has 0 aliphatic carbocycles. The quantitative estimate of drug-likeness (QED) is 0.689. The number of fused-ring (bicyclic) bond motifs is 1. The van der Waals surface area contributed by atoms with Crippen LogP contribution in [0.15, 0.2) is 67.0 Å². The Balaban J connectivity index is 1.73. The molecule has 1 aliphatic heterocycles. The van der Waals surface area contributed by atoms with E-state index in [9.17, 15) is 4.79 Å². The van der Waals surface area contributed by atoms with Crippen molar-refractivity contribution < 1.29 is 4.79 Å². The Morgan fingerprint density at radius 1 is 0.958 bits per heavy atom. The van der Waals surface area contributed by atoms with E-state index in [4.69, 9.17) is 0 Å². The smallest absolute Gasteiger partial charge is 0.258 e. The molecule has 0 radical (unpaired) electrons. The molecule has 0 atom stereocenters. The van der Waals surface area contributed by atoms with Gasteiger partial charge in [-0.25, -0.2) is 0 Å². The zero-order chi connectivity index (χ0) is 16.5. The summed E-state index contributed by atoms with van der Waals surface area (Å²) in [5.74, 6) is 0.0792. The summed E-state index contributed by atoms with van der Waals surface area (Å²) >= 11 is 0. The van der Waals surface area contributed by atoms with Gasteiger partial charge in [-0.1, -0.05) is 24.3 Å². The minimum absolute atomic E-state index is 0.0792. The first kappa shape index (κ1) is 14.8. The number of hydrogen-bond donors (Lipinski definition) is 0. The third-order valence-corrected chi connectivity index (χ3v) is 4.69. The topological polar surface area (TPSA) is 25.2 Å². The standard InChI is InChI=1S/C21H20N2O/c1-16-10-11-18(15-20(16)22-12-4-5-13-22)21(24)23-14-6-8-17-7-2-3-9-19(17)23/h2-5,7,9-13,15H,6,8,14H2,1H3. The molecule has 1 amide bonds. The summed E-state index contributed by atoms with van der Waals surface area (Å²) in [5, 5.41) is 0. The van der Waals surface area contributed by atoms with Crippen molar-refractivity contribution in [2.24, 2.45) is 0 Å². The maximum absolute atomic E-state index is 13.1. The Morgan fingerprint density at radius 3 is 2.58 bits per heavy atom. The van der Waals surface area contributed by atoms with Gasteiger partial charge in [0.2, 0.25) is 0 Å². The molecule has 3 aromatic rings. The molecule has 1 aliphatic rings. The second kappa shape index (κ2) is 6.00. The molecule has 0 bridgehead atoms. The lowest BCUT2D eigenvalue weighted by Crippen LogP contribution is -2.35. The first-order valence-electron chi connectivity index (χ1n) is 8.38. The molecule has 0 saturated heterocycles. The van der Waals surface area contributed by atoms with E-state index in [1.165, 1.54) is 5.56 Å². The summed E-state index contributed by atoms with van der Waals surface area (Å²) in [4.78, 5) is 15.0. The molecule has 3 heteroatoms. The molecular formula is C21H20N2O. The molecule has 4 rings (SSSR count). The molecule has 0 spiro atoms. The number of benzene rings is 2. The van der Waals surface area contributed by atoms with E-state index >= 15 is 0 Å². The molecule has 120 valence electrons. The maximum Gasteiger partial charge on any atom is 0.258 e. The number of aromatic nitrogens is 1. The fraction of sp³-hybridized carbons (Fsp3) is 0.190. The number of rotatable bonds is 2. The highest BCUT2D eigenvalue weighted by Crippen LogP contribution is 2.28. The second-order valence-electron chi connectivity index (χ2n) is 6.28. The monoisotopic (exact) mass is 316 g/mol. The molecule has 2 heterocycles. The van der Waals surface area contributed by atoms with Crippen LogP contribution in [-0.2, 0) is 6.42 Å². The van der Waals surface area contributed by atoms with Gasteiger partial charge in [-0.05, 0) is 61.2 Å². The molecule has 0 unspecified atom stereocenters. The van der Waals surface area contributed by atoms with Crippen molar-refractivity contribution in [1.82, 2.24) is 4.57 Å². The summed E-state index contributed by atoms with van der Waals surface area (Å²) in [5.41, 5.74) is 5.26. The number of carbonyl (C=O) groups is 1. The molecule has 0 N–H and O–H groups in total. The third kappa shape index (κ3) is 2.52. The van der Waals surface area contributed by atoms with Crippen LogP contribution < -0.4 is 4.90 Å². The summed E-state index contributed by atoms with van der Waals surface area (Å²) in [6.45, 7) is 2.85. The van der Waals surface area contributed by atoms with Gasteiger partial charge in [0.1, 0.15) is 0 Å². The molecular weight excluding hydrogens is 296 g/mol. The Labute approximate surface area is 142 Å². The van der Waals surface area contributed by atoms with Crippen LogP contribution in [0.1, 0.15) is 27.9 Å². The number of carbonyl (C=O) groups excluding carboxylic acids is 1. The number of para-hydroxylation sites is 1. The highest BCUT2D eigenvalue weighted by molar-refractivity contribution is 6.07. The van der Waals surface area contributed by atoms with E-state index in [0.29, 0.717) is 0 Å². The SMILES string of the molecule is Cc1ccc(C(=O)N2CCCc3ccccc32)cc1-n1cccc1. The Morgan fingerprint density at radius 2 is 1.75 bits per heavy atom. The normalized spacial score (nSPS) is 13.6. The minimum atomic E-state index is 0.0792. The predicted octanol–water partition coefficient (Wildman–Crippen LogP) is 4.38. The Bertz CT molecular complexity index is 881. The largest absolute Gasteiger partial charge is 0.324 e. The van der Waals surface area contributed by atoms with Gasteiger partial charge in [0.15, 0.2) is 0 Å². The van der Waals surface area contributed by atoms with Crippen molar-refractivity contribution in [1.29, 1.82) is 0 Å². The maximum atomic E-state index is 13.1. The number of anilines is 1. The average molecular weight is 316 g/mol. The van der Waals surface area contributed by atoms with Crippen molar-refractivity contribution in [2.75, 3.05) is 11.4 Å². The number of hydrogen-bond acceptors (Lipinski definition) is 1. The first-order valence-corrected chi connectivity index (χ1v) is 8.38. The fourth-order valence-corrected chi connectivity index (χ4v) is 3.42. The summed E-state index contributed by atoms with van der Waals surface area (Å²) < 4.78 is 2.05. The lowest BCUT2D eigenvalue weighted by molar-refractivity contribution is 0.0985. The fourth-order valence-electron chi connectivity index (χ4n) is 3.42. The van der Waals surface area contributed by atoms with Crippen molar-refractivity contribution >= 4 is 11.6 Å². The zero-order valence-electron chi connectivity index (χ0n) is 13.8. The van der Waals surface area contributed by atoms with Crippen molar-refractivity contribution in [3.8, 4) is 5.69 Å². The Kier molecular flexibility index (Phi) is 3.69. The van der Waals surface area contributed by atoms with Crippen LogP contribution in [0, 0.1) is 6.92 Å². The highest BCUT2D eigenvalue weighted by Gasteiger charge is 2.23. The van der Waals surface area contributed by atoms with Crippen molar-refractivity contribution in [3.05, 3.63) is 83.7 Å². The van der Waals surface area contributed by atoms with Crippen molar-refractivity contribution in [2.45, 2.75) is 19.8 Å². The van der Waals surface area contributed by atoms with E-state index in [1.807, 2.05) is 65.8 Å². The first-order chi connectivity index (χ1) is 11.7.